The number of aromatic nitrogens is 1. The van der Waals surface area contributed by atoms with Crippen molar-refractivity contribution >= 4 is 11.8 Å². The number of aryl methyl sites for hydroxylation is 1. The van der Waals surface area contributed by atoms with Crippen molar-refractivity contribution in [1.82, 2.24) is 10.5 Å². The highest BCUT2D eigenvalue weighted by molar-refractivity contribution is 7.98. The van der Waals surface area contributed by atoms with Crippen LogP contribution in [-0.2, 0) is 13.1 Å². The average molecular weight is 306 g/mol. The van der Waals surface area contributed by atoms with Crippen LogP contribution in [-0.4, -0.2) is 24.6 Å². The molecule has 0 saturated heterocycles. The van der Waals surface area contributed by atoms with Crippen LogP contribution < -0.4 is 14.8 Å². The number of nitrogens with zero attached hydrogens (tertiary/aromatic N) is 1. The topological polar surface area (TPSA) is 56.5 Å². The Morgan fingerprint density at radius 1 is 1.14 bits per heavy atom. The van der Waals surface area contributed by atoms with Crippen LogP contribution in [0.5, 0.6) is 11.5 Å². The summed E-state index contributed by atoms with van der Waals surface area (Å²) in [5.41, 5.74) is 2.10. The van der Waals surface area contributed by atoms with E-state index in [-0.39, 0.29) is 0 Å². The van der Waals surface area contributed by atoms with Gasteiger partial charge in [-0.2, -0.15) is 0 Å². The maximum Gasteiger partial charge on any atom is 0.162 e. The zero-order valence-corrected chi connectivity index (χ0v) is 13.0. The van der Waals surface area contributed by atoms with Gasteiger partial charge >= 0.3 is 0 Å². The van der Waals surface area contributed by atoms with Gasteiger partial charge in [-0.3, -0.25) is 0 Å². The zero-order chi connectivity index (χ0) is 14.7. The van der Waals surface area contributed by atoms with Crippen molar-refractivity contribution in [3.63, 3.8) is 0 Å². The number of ether oxygens (including phenoxy) is 2. The monoisotopic (exact) mass is 306 g/mol. The Balaban J connectivity index is 1.69. The molecule has 2 heterocycles. The van der Waals surface area contributed by atoms with Crippen molar-refractivity contribution < 1.29 is 14.0 Å². The number of nitrogens with one attached hydrogen (secondary N) is 1. The maximum absolute atomic E-state index is 5.64. The lowest BCUT2D eigenvalue weighted by molar-refractivity contribution is 0.171. The molecule has 2 aromatic rings. The van der Waals surface area contributed by atoms with E-state index in [1.807, 2.05) is 13.0 Å². The maximum atomic E-state index is 5.64. The van der Waals surface area contributed by atoms with Crippen molar-refractivity contribution in [1.29, 1.82) is 0 Å². The molecule has 3 rings (SSSR count). The molecular weight excluding hydrogens is 288 g/mol. The van der Waals surface area contributed by atoms with Crippen LogP contribution in [0.4, 0.5) is 0 Å². The number of benzene rings is 1. The third kappa shape index (κ3) is 3.33. The summed E-state index contributed by atoms with van der Waals surface area (Å²) in [5.74, 6) is 2.50. The van der Waals surface area contributed by atoms with Crippen LogP contribution in [0.3, 0.4) is 0 Å². The van der Waals surface area contributed by atoms with E-state index in [1.165, 1.54) is 10.5 Å². The Labute approximate surface area is 128 Å². The summed E-state index contributed by atoms with van der Waals surface area (Å²) in [6.07, 6.45) is 2.06. The molecule has 0 radical (unpaired) electrons. The fraction of sp³-hybridized carbons (Fsp3) is 0.400. The molecule has 21 heavy (non-hydrogen) atoms. The Kier molecular flexibility index (Phi) is 4.36. The predicted molar refractivity (Wildman–Crippen MR) is 81.0 cm³/mol. The largest absolute Gasteiger partial charge is 0.486 e. The van der Waals surface area contributed by atoms with Crippen LogP contribution in [0.1, 0.15) is 17.0 Å². The molecule has 1 N–H and O–H groups in total. The van der Waals surface area contributed by atoms with Crippen LogP contribution in [0, 0.1) is 6.92 Å². The first-order chi connectivity index (χ1) is 10.3. The fourth-order valence-electron chi connectivity index (χ4n) is 2.26. The highest BCUT2D eigenvalue weighted by Gasteiger charge is 2.15. The van der Waals surface area contributed by atoms with Gasteiger partial charge in [-0.15, -0.1) is 11.8 Å². The van der Waals surface area contributed by atoms with E-state index >= 15 is 0 Å². The smallest absolute Gasteiger partial charge is 0.162 e. The van der Waals surface area contributed by atoms with E-state index in [2.05, 4.69) is 28.9 Å². The van der Waals surface area contributed by atoms with Gasteiger partial charge < -0.3 is 19.3 Å². The lowest BCUT2D eigenvalue weighted by atomic mass is 10.2. The highest BCUT2D eigenvalue weighted by Crippen LogP contribution is 2.36. The van der Waals surface area contributed by atoms with Gasteiger partial charge in [0.1, 0.15) is 13.2 Å². The van der Waals surface area contributed by atoms with Gasteiger partial charge in [-0.25, -0.2) is 0 Å². The molecule has 0 saturated carbocycles. The number of fused-ring (bicyclic) bond motifs is 1. The highest BCUT2D eigenvalue weighted by atomic mass is 32.2. The molecule has 1 aromatic heterocycles. The summed E-state index contributed by atoms with van der Waals surface area (Å²) in [4.78, 5) is 1.19. The molecule has 0 amide bonds. The summed E-state index contributed by atoms with van der Waals surface area (Å²) in [6, 6.07) is 6.04. The van der Waals surface area contributed by atoms with Gasteiger partial charge in [0.05, 0.1) is 12.2 Å². The Hall–Kier alpha value is -1.66. The Bertz CT molecular complexity index is 627. The van der Waals surface area contributed by atoms with E-state index in [1.54, 1.807) is 11.8 Å². The van der Waals surface area contributed by atoms with Gasteiger partial charge in [0.25, 0.3) is 0 Å². The second-order valence-corrected chi connectivity index (χ2v) is 5.69. The standard InChI is InChI=1S/C15H18N2O3S/c1-10-5-12(20-17-10)9-16-8-11-6-13-14(7-15(11)21-2)19-4-3-18-13/h5-7,16H,3-4,8-9H2,1-2H3. The minimum atomic E-state index is 0.607. The molecule has 0 unspecified atom stereocenters. The number of rotatable bonds is 5. The summed E-state index contributed by atoms with van der Waals surface area (Å²) in [7, 11) is 0. The molecular formula is C15H18N2O3S. The van der Waals surface area contributed by atoms with E-state index in [4.69, 9.17) is 14.0 Å². The first-order valence-electron chi connectivity index (χ1n) is 6.85. The van der Waals surface area contributed by atoms with Gasteiger partial charge in [-0.1, -0.05) is 5.16 Å². The van der Waals surface area contributed by atoms with E-state index in [0.29, 0.717) is 19.8 Å². The molecule has 1 aliphatic heterocycles. The second kappa shape index (κ2) is 6.41. The van der Waals surface area contributed by atoms with Gasteiger partial charge in [0.15, 0.2) is 17.3 Å². The van der Waals surface area contributed by atoms with Gasteiger partial charge in [0, 0.05) is 17.5 Å². The van der Waals surface area contributed by atoms with Crippen molar-refractivity contribution in [2.45, 2.75) is 24.9 Å². The van der Waals surface area contributed by atoms with Crippen LogP contribution >= 0.6 is 11.8 Å². The Morgan fingerprint density at radius 2 is 1.90 bits per heavy atom. The number of hydrogen-bond acceptors (Lipinski definition) is 6. The molecule has 0 spiro atoms. The van der Waals surface area contributed by atoms with Gasteiger partial charge in [-0.05, 0) is 30.9 Å². The molecule has 0 bridgehead atoms. The summed E-state index contributed by atoms with van der Waals surface area (Å²) < 4.78 is 16.4. The Morgan fingerprint density at radius 3 is 2.57 bits per heavy atom. The lowest BCUT2D eigenvalue weighted by Gasteiger charge is -2.20. The molecule has 5 nitrogen and oxygen atoms in total. The van der Waals surface area contributed by atoms with Crippen LogP contribution in [0.2, 0.25) is 0 Å². The predicted octanol–water partition coefficient (Wildman–Crippen LogP) is 2.77. The molecule has 1 aliphatic rings. The quantitative estimate of drug-likeness (QED) is 0.857. The van der Waals surface area contributed by atoms with Crippen LogP contribution in [0.25, 0.3) is 0 Å². The van der Waals surface area contributed by atoms with Crippen molar-refractivity contribution in [3.8, 4) is 11.5 Å². The summed E-state index contributed by atoms with van der Waals surface area (Å²) in [5, 5.41) is 7.25. The molecule has 0 atom stereocenters. The lowest BCUT2D eigenvalue weighted by Crippen LogP contribution is -2.17. The first-order valence-corrected chi connectivity index (χ1v) is 8.08. The minimum Gasteiger partial charge on any atom is -0.486 e. The van der Waals surface area contributed by atoms with Crippen LogP contribution in [0.15, 0.2) is 27.6 Å². The summed E-state index contributed by atoms with van der Waals surface area (Å²) in [6.45, 7) is 4.54. The van der Waals surface area contributed by atoms with E-state index < -0.39 is 0 Å². The number of hydrogen-bond donors (Lipinski definition) is 1. The summed E-state index contributed by atoms with van der Waals surface area (Å²) >= 11 is 1.71. The second-order valence-electron chi connectivity index (χ2n) is 4.85. The first kappa shape index (κ1) is 14.3. The van der Waals surface area contributed by atoms with Crippen molar-refractivity contribution in [2.24, 2.45) is 0 Å². The van der Waals surface area contributed by atoms with Crippen molar-refractivity contribution in [3.05, 3.63) is 35.2 Å². The van der Waals surface area contributed by atoms with E-state index in [0.717, 1.165) is 29.5 Å². The average Bonchev–Trinajstić information content (AvgIpc) is 2.92. The molecule has 0 fully saturated rings. The molecule has 0 aliphatic carbocycles. The molecule has 112 valence electrons. The van der Waals surface area contributed by atoms with E-state index in [9.17, 15) is 0 Å². The van der Waals surface area contributed by atoms with Gasteiger partial charge in [0.2, 0.25) is 0 Å². The molecule has 6 heteroatoms. The number of thioether (sulfide) groups is 1. The minimum absolute atomic E-state index is 0.607. The fourth-order valence-corrected chi connectivity index (χ4v) is 2.88. The van der Waals surface area contributed by atoms with Crippen molar-refractivity contribution in [2.75, 3.05) is 19.5 Å². The normalized spacial score (nSPS) is 13.4. The zero-order valence-electron chi connectivity index (χ0n) is 12.1. The third-order valence-electron chi connectivity index (χ3n) is 3.24. The molecule has 1 aromatic carbocycles. The SMILES string of the molecule is CSc1cc2c(cc1CNCc1cc(C)no1)OCCO2. The third-order valence-corrected chi connectivity index (χ3v) is 4.06.